The molecule has 1 amide bonds. The summed E-state index contributed by atoms with van der Waals surface area (Å²) >= 11 is 0. The molecular formula is C19H39IN4O3. The van der Waals surface area contributed by atoms with Gasteiger partial charge < -0.3 is 25.4 Å². The van der Waals surface area contributed by atoms with Crippen LogP contribution < -0.4 is 10.6 Å². The second-order valence-electron chi connectivity index (χ2n) is 8.14. The molecular weight excluding hydrogens is 459 g/mol. The number of aliphatic imine (C=N–C) groups is 1. The summed E-state index contributed by atoms with van der Waals surface area (Å²) in [4.78, 5) is 18.4. The first kappa shape index (κ1) is 26.2. The Bertz CT molecular complexity index is 460. The van der Waals surface area contributed by atoms with Crippen LogP contribution in [0.5, 0.6) is 0 Å². The summed E-state index contributed by atoms with van der Waals surface area (Å²) in [5.41, 5.74) is -0.487. The van der Waals surface area contributed by atoms with E-state index in [0.717, 1.165) is 44.6 Å². The number of ether oxygens (including phenoxy) is 1. The monoisotopic (exact) mass is 498 g/mol. The van der Waals surface area contributed by atoms with Crippen molar-refractivity contribution in [2.45, 2.75) is 90.5 Å². The van der Waals surface area contributed by atoms with Gasteiger partial charge in [0.1, 0.15) is 5.60 Å². The molecule has 1 unspecified atom stereocenters. The van der Waals surface area contributed by atoms with Gasteiger partial charge in [0.15, 0.2) is 5.96 Å². The number of nitrogens with one attached hydrogen (secondary N) is 2. The molecule has 1 rings (SSSR count). The highest BCUT2D eigenvalue weighted by Gasteiger charge is 2.23. The van der Waals surface area contributed by atoms with Crippen LogP contribution in [0.4, 0.5) is 4.79 Å². The minimum atomic E-state index is -0.487. The Hall–Kier alpha value is -0.770. The Labute approximate surface area is 181 Å². The number of amides is 1. The van der Waals surface area contributed by atoms with E-state index in [2.05, 4.69) is 15.6 Å². The van der Waals surface area contributed by atoms with Gasteiger partial charge in [0.25, 0.3) is 0 Å². The zero-order valence-corrected chi connectivity index (χ0v) is 20.1. The van der Waals surface area contributed by atoms with Crippen molar-refractivity contribution in [1.29, 1.82) is 0 Å². The van der Waals surface area contributed by atoms with Gasteiger partial charge in [-0.1, -0.05) is 0 Å². The zero-order chi connectivity index (χ0) is 19.7. The molecule has 0 spiro atoms. The smallest absolute Gasteiger partial charge is 0.410 e. The first-order valence-electron chi connectivity index (χ1n) is 9.81. The maximum absolute atomic E-state index is 12.1. The van der Waals surface area contributed by atoms with Gasteiger partial charge >= 0.3 is 6.09 Å². The van der Waals surface area contributed by atoms with Gasteiger partial charge in [-0.05, 0) is 66.7 Å². The number of hydrogen-bond donors (Lipinski definition) is 3. The van der Waals surface area contributed by atoms with Crippen LogP contribution in [-0.2, 0) is 4.74 Å². The Morgan fingerprint density at radius 2 is 1.89 bits per heavy atom. The van der Waals surface area contributed by atoms with E-state index in [1.165, 1.54) is 0 Å². The molecule has 8 heteroatoms. The highest BCUT2D eigenvalue weighted by molar-refractivity contribution is 14.0. The lowest BCUT2D eigenvalue weighted by atomic mass is 9.93. The van der Waals surface area contributed by atoms with Crippen LogP contribution in [0.25, 0.3) is 0 Å². The molecule has 0 saturated heterocycles. The number of halogens is 1. The number of aliphatic hydroxyl groups is 1. The van der Waals surface area contributed by atoms with E-state index in [9.17, 15) is 9.90 Å². The Morgan fingerprint density at radius 1 is 1.30 bits per heavy atom. The van der Waals surface area contributed by atoms with Gasteiger partial charge in [0, 0.05) is 32.2 Å². The molecule has 0 bridgehead atoms. The van der Waals surface area contributed by atoms with Crippen LogP contribution in [0.1, 0.15) is 66.7 Å². The summed E-state index contributed by atoms with van der Waals surface area (Å²) < 4.78 is 5.40. The lowest BCUT2D eigenvalue weighted by Crippen LogP contribution is -2.45. The van der Waals surface area contributed by atoms with Crippen molar-refractivity contribution in [3.63, 3.8) is 0 Å². The lowest BCUT2D eigenvalue weighted by molar-refractivity contribution is 0.0231. The standard InChI is InChI=1S/C19H38N4O3.HI/c1-7-20-17(22-15-8-10-16(24)11-9-15)21-13-12-14(2)23(6)18(25)26-19(3,4)5;/h14-16,24H,7-13H2,1-6H3,(H2,20,21,22);1H. The van der Waals surface area contributed by atoms with Crippen LogP contribution >= 0.6 is 24.0 Å². The molecule has 0 aromatic heterocycles. The summed E-state index contributed by atoms with van der Waals surface area (Å²) in [6.45, 7) is 11.1. The minimum absolute atomic E-state index is 0. The Kier molecular flexibility index (Phi) is 12.3. The van der Waals surface area contributed by atoms with E-state index >= 15 is 0 Å². The van der Waals surface area contributed by atoms with Crippen LogP contribution in [-0.4, -0.2) is 66.0 Å². The van der Waals surface area contributed by atoms with Crippen LogP contribution in [0.2, 0.25) is 0 Å². The molecule has 0 aromatic carbocycles. The van der Waals surface area contributed by atoms with Crippen molar-refractivity contribution < 1.29 is 14.6 Å². The normalized spacial score (nSPS) is 21.7. The third-order valence-corrected chi connectivity index (χ3v) is 4.54. The van der Waals surface area contributed by atoms with Crippen LogP contribution in [0.3, 0.4) is 0 Å². The fourth-order valence-corrected chi connectivity index (χ4v) is 2.80. The third-order valence-electron chi connectivity index (χ3n) is 4.54. The van der Waals surface area contributed by atoms with Gasteiger partial charge in [-0.2, -0.15) is 0 Å². The average molecular weight is 498 g/mol. The molecule has 0 aliphatic heterocycles. The summed E-state index contributed by atoms with van der Waals surface area (Å²) in [6, 6.07) is 0.402. The molecule has 1 aliphatic rings. The maximum Gasteiger partial charge on any atom is 0.410 e. The summed E-state index contributed by atoms with van der Waals surface area (Å²) in [5, 5.41) is 16.3. The molecule has 1 atom stereocenters. The number of carbonyl (C=O) groups is 1. The zero-order valence-electron chi connectivity index (χ0n) is 17.7. The van der Waals surface area contributed by atoms with E-state index in [1.54, 1.807) is 11.9 Å². The van der Waals surface area contributed by atoms with Gasteiger partial charge in [-0.3, -0.25) is 4.99 Å². The van der Waals surface area contributed by atoms with Crippen LogP contribution in [0, 0.1) is 0 Å². The first-order chi connectivity index (χ1) is 12.1. The highest BCUT2D eigenvalue weighted by Crippen LogP contribution is 2.18. The maximum atomic E-state index is 12.1. The average Bonchev–Trinajstić information content (AvgIpc) is 2.54. The van der Waals surface area contributed by atoms with Crippen LogP contribution in [0.15, 0.2) is 4.99 Å². The largest absolute Gasteiger partial charge is 0.444 e. The number of rotatable bonds is 6. The van der Waals surface area contributed by atoms with Crippen molar-refractivity contribution >= 4 is 36.0 Å². The van der Waals surface area contributed by atoms with Gasteiger partial charge in [-0.25, -0.2) is 4.79 Å². The van der Waals surface area contributed by atoms with E-state index in [4.69, 9.17) is 4.74 Å². The topological polar surface area (TPSA) is 86.2 Å². The van der Waals surface area contributed by atoms with Crippen molar-refractivity contribution in [2.24, 2.45) is 4.99 Å². The fourth-order valence-electron chi connectivity index (χ4n) is 2.80. The van der Waals surface area contributed by atoms with Crippen molar-refractivity contribution in [3.8, 4) is 0 Å². The fraction of sp³-hybridized carbons (Fsp3) is 0.895. The molecule has 0 aromatic rings. The van der Waals surface area contributed by atoms with Gasteiger partial charge in [0.05, 0.1) is 6.10 Å². The lowest BCUT2D eigenvalue weighted by Gasteiger charge is -2.29. The Morgan fingerprint density at radius 3 is 2.41 bits per heavy atom. The van der Waals surface area contributed by atoms with Crippen molar-refractivity contribution in [3.05, 3.63) is 0 Å². The number of guanidine groups is 1. The molecule has 160 valence electrons. The molecule has 7 nitrogen and oxygen atoms in total. The first-order valence-corrected chi connectivity index (χ1v) is 9.81. The van der Waals surface area contributed by atoms with E-state index in [0.29, 0.717) is 12.6 Å². The SMILES string of the molecule is CCNC(=NCCC(C)N(C)C(=O)OC(C)(C)C)NC1CCC(O)CC1.I. The number of nitrogens with zero attached hydrogens (tertiary/aromatic N) is 2. The quantitative estimate of drug-likeness (QED) is 0.298. The molecule has 27 heavy (non-hydrogen) atoms. The highest BCUT2D eigenvalue weighted by atomic mass is 127. The number of hydrogen-bond acceptors (Lipinski definition) is 4. The second kappa shape index (κ2) is 12.6. The predicted octanol–water partition coefficient (Wildman–Crippen LogP) is 3.11. The molecule has 1 aliphatic carbocycles. The second-order valence-corrected chi connectivity index (χ2v) is 8.14. The Balaban J connectivity index is 0.00000676. The summed E-state index contributed by atoms with van der Waals surface area (Å²) in [7, 11) is 1.76. The molecule has 0 heterocycles. The summed E-state index contributed by atoms with van der Waals surface area (Å²) in [6.07, 6.45) is 3.91. The number of carbonyl (C=O) groups excluding carboxylic acids is 1. The molecule has 3 N–H and O–H groups in total. The van der Waals surface area contributed by atoms with Gasteiger partial charge in [0.2, 0.25) is 0 Å². The molecule has 0 radical (unpaired) electrons. The van der Waals surface area contributed by atoms with Gasteiger partial charge in [-0.15, -0.1) is 24.0 Å². The predicted molar refractivity (Wildman–Crippen MR) is 121 cm³/mol. The third kappa shape index (κ3) is 11.0. The van der Waals surface area contributed by atoms with E-state index < -0.39 is 5.60 Å². The van der Waals surface area contributed by atoms with E-state index in [1.807, 2.05) is 34.6 Å². The summed E-state index contributed by atoms with van der Waals surface area (Å²) in [5.74, 6) is 0.806. The molecule has 1 saturated carbocycles. The molecule has 1 fully saturated rings. The van der Waals surface area contributed by atoms with Crippen molar-refractivity contribution in [1.82, 2.24) is 15.5 Å². The number of aliphatic hydroxyl groups excluding tert-OH is 1. The minimum Gasteiger partial charge on any atom is -0.444 e. The van der Waals surface area contributed by atoms with E-state index in [-0.39, 0.29) is 42.2 Å². The van der Waals surface area contributed by atoms with Crippen molar-refractivity contribution in [2.75, 3.05) is 20.1 Å².